The van der Waals surface area contributed by atoms with E-state index in [1.165, 1.54) is 0 Å². The summed E-state index contributed by atoms with van der Waals surface area (Å²) in [6, 6.07) is 0. The summed E-state index contributed by atoms with van der Waals surface area (Å²) >= 11 is 0. The maximum atomic E-state index is 12.3. The summed E-state index contributed by atoms with van der Waals surface area (Å²) in [6.07, 6.45) is -15.0. The molecule has 0 aromatic rings. The minimum atomic E-state index is -8.04. The van der Waals surface area contributed by atoms with Gasteiger partial charge in [0.05, 0.1) is 0 Å². The van der Waals surface area contributed by atoms with Crippen LogP contribution in [0.5, 0.6) is 0 Å². The molecule has 0 amide bonds. The van der Waals surface area contributed by atoms with Gasteiger partial charge in [0, 0.05) is 0 Å². The van der Waals surface area contributed by atoms with E-state index in [-0.39, 0.29) is 0 Å². The van der Waals surface area contributed by atoms with Crippen LogP contribution in [0.1, 0.15) is 0 Å². The van der Waals surface area contributed by atoms with Gasteiger partial charge in [0.1, 0.15) is 0 Å². The van der Waals surface area contributed by atoms with Crippen LogP contribution in [0.4, 0.5) is 61.5 Å². The second kappa shape index (κ2) is 6.68. The minimum Gasteiger partial charge on any atom is -0.288 e. The van der Waals surface area contributed by atoms with Crippen molar-refractivity contribution in [2.75, 3.05) is 0 Å². The fourth-order valence-electron chi connectivity index (χ4n) is 0.750. The summed E-state index contributed by atoms with van der Waals surface area (Å²) in [5, 5.41) is 0. The molecule has 0 bridgehead atoms. The molecule has 18 heteroatoms. The molecule has 0 unspecified atom stereocenters. The van der Waals surface area contributed by atoms with Gasteiger partial charge >= 0.3 is 36.0 Å². The molecule has 0 fully saturated rings. The first kappa shape index (κ1) is 25.2. The van der Waals surface area contributed by atoms with E-state index in [0.29, 0.717) is 0 Å². The van der Waals surface area contributed by atoms with E-state index in [2.05, 4.69) is 0 Å². The molecule has 1 N–H and O–H groups in total. The van der Waals surface area contributed by atoms with Crippen LogP contribution in [-0.4, -0.2) is 49.0 Å². The van der Waals surface area contributed by atoms with Crippen LogP contribution in [0.3, 0.4) is 0 Å². The number of thiol groups is 1. The van der Waals surface area contributed by atoms with E-state index >= 15 is 0 Å². The highest BCUT2D eigenvalue weighted by molar-refractivity contribution is 7.66. The van der Waals surface area contributed by atoms with Gasteiger partial charge in [-0.05, 0) is 0 Å². The van der Waals surface area contributed by atoms with Gasteiger partial charge in [0.15, 0.2) is 0 Å². The molecule has 0 heterocycles. The Kier molecular flexibility index (Phi) is 7.00. The number of rotatable bonds is 3. The SMILES string of the molecule is FC(F)(F)C(F)(F)C(F)(F)C(F)(F)C(F)(F)C(F)(F)F.O=[SH](=O)O. The van der Waals surface area contributed by atoms with Crippen molar-refractivity contribution in [3.05, 3.63) is 0 Å². The van der Waals surface area contributed by atoms with Gasteiger partial charge in [0.25, 0.3) is 11.0 Å². The van der Waals surface area contributed by atoms with Crippen molar-refractivity contribution in [1.29, 1.82) is 0 Å². The molecule has 0 saturated heterocycles. The lowest BCUT2D eigenvalue weighted by Crippen LogP contribution is -2.69. The Balaban J connectivity index is 0. The van der Waals surface area contributed by atoms with Crippen LogP contribution in [-0.2, 0) is 11.0 Å². The van der Waals surface area contributed by atoms with Crippen molar-refractivity contribution >= 4 is 11.0 Å². The van der Waals surface area contributed by atoms with E-state index < -0.39 is 47.0 Å². The molecular formula is C6H2F14O3S. The molecule has 0 aliphatic rings. The third-order valence-corrected chi connectivity index (χ3v) is 1.90. The fraction of sp³-hybridized carbons (Fsp3) is 1.00. The van der Waals surface area contributed by atoms with Crippen LogP contribution in [0.25, 0.3) is 0 Å². The van der Waals surface area contributed by atoms with Crippen LogP contribution in [0, 0.1) is 0 Å². The quantitative estimate of drug-likeness (QED) is 0.416. The van der Waals surface area contributed by atoms with Crippen molar-refractivity contribution in [2.45, 2.75) is 36.0 Å². The Labute approximate surface area is 123 Å². The van der Waals surface area contributed by atoms with Crippen molar-refractivity contribution in [3.8, 4) is 0 Å². The molecule has 0 radical (unpaired) electrons. The monoisotopic (exact) mass is 420 g/mol. The molecule has 0 aliphatic heterocycles. The molecule has 24 heavy (non-hydrogen) atoms. The maximum absolute atomic E-state index is 12.3. The third kappa shape index (κ3) is 4.31. The summed E-state index contributed by atoms with van der Waals surface area (Å²) in [5.41, 5.74) is 0. The Morgan fingerprint density at radius 3 is 0.667 bits per heavy atom. The number of hydrogen-bond acceptors (Lipinski definition) is 2. The lowest BCUT2D eigenvalue weighted by Gasteiger charge is -2.37. The van der Waals surface area contributed by atoms with Gasteiger partial charge in [-0.2, -0.15) is 61.5 Å². The molecule has 0 atom stereocenters. The summed E-state index contributed by atoms with van der Waals surface area (Å²) < 4.78 is 190. The standard InChI is InChI=1S/C6F14.H2O3S/c7-1(8,3(11,12)5(15,16)17)2(9,10)4(13,14)6(18,19)20;1-4(2)3/h;4H,(H,1,2,3). The normalized spacial score (nSPS) is 15.2. The molecule has 0 spiro atoms. The molecule has 148 valence electrons. The smallest absolute Gasteiger partial charge is 0.288 e. The minimum absolute atomic E-state index is 3.12. The zero-order valence-corrected chi connectivity index (χ0v) is 10.9. The number of alkyl halides is 14. The third-order valence-electron chi connectivity index (χ3n) is 1.90. The highest BCUT2D eigenvalue weighted by Crippen LogP contribution is 2.60. The first-order valence-electron chi connectivity index (χ1n) is 4.46. The summed E-state index contributed by atoms with van der Waals surface area (Å²) in [5.74, 6) is -31.7. The zero-order valence-electron chi connectivity index (χ0n) is 10.0. The molecule has 0 rings (SSSR count). The lowest BCUT2D eigenvalue weighted by molar-refractivity contribution is -0.451. The average Bonchev–Trinajstić information content (AvgIpc) is 2.23. The predicted octanol–water partition coefficient (Wildman–Crippen LogP) is 3.72. The molecular weight excluding hydrogens is 418 g/mol. The molecule has 0 aliphatic carbocycles. The van der Waals surface area contributed by atoms with Crippen molar-refractivity contribution in [3.63, 3.8) is 0 Å². The molecule has 3 nitrogen and oxygen atoms in total. The average molecular weight is 420 g/mol. The second-order valence-electron chi connectivity index (χ2n) is 3.53. The van der Waals surface area contributed by atoms with Gasteiger partial charge in [-0.15, -0.1) is 0 Å². The van der Waals surface area contributed by atoms with E-state index in [0.717, 1.165) is 0 Å². The van der Waals surface area contributed by atoms with Gasteiger partial charge in [0.2, 0.25) is 0 Å². The van der Waals surface area contributed by atoms with Crippen LogP contribution < -0.4 is 0 Å². The number of halogens is 14. The molecule has 0 aromatic heterocycles. The Morgan fingerprint density at radius 1 is 0.458 bits per heavy atom. The molecule has 0 aromatic carbocycles. The Bertz CT molecular complexity index is 456. The first-order chi connectivity index (χ1) is 9.98. The van der Waals surface area contributed by atoms with Gasteiger partial charge in [-0.25, -0.2) is 8.42 Å². The summed E-state index contributed by atoms with van der Waals surface area (Å²) in [4.78, 5) is 0. The maximum Gasteiger partial charge on any atom is 0.460 e. The van der Waals surface area contributed by atoms with E-state index in [9.17, 15) is 61.5 Å². The highest BCUT2D eigenvalue weighted by Gasteiger charge is 2.91. The molecule has 0 saturated carbocycles. The van der Waals surface area contributed by atoms with Gasteiger partial charge < -0.3 is 0 Å². The van der Waals surface area contributed by atoms with Crippen LogP contribution in [0.15, 0.2) is 0 Å². The predicted molar refractivity (Wildman–Crippen MR) is 44.8 cm³/mol. The van der Waals surface area contributed by atoms with Crippen molar-refractivity contribution in [1.82, 2.24) is 0 Å². The van der Waals surface area contributed by atoms with Crippen molar-refractivity contribution in [2.24, 2.45) is 0 Å². The second-order valence-corrected chi connectivity index (χ2v) is 4.01. The van der Waals surface area contributed by atoms with Gasteiger partial charge in [-0.1, -0.05) is 0 Å². The Hall–Kier alpha value is -1.07. The topological polar surface area (TPSA) is 54.4 Å². The summed E-state index contributed by atoms with van der Waals surface area (Å²) in [7, 11) is -3.12. The van der Waals surface area contributed by atoms with E-state index in [4.69, 9.17) is 13.0 Å². The zero-order chi connectivity index (χ0) is 20.6. The van der Waals surface area contributed by atoms with Gasteiger partial charge in [-0.3, -0.25) is 4.55 Å². The van der Waals surface area contributed by atoms with E-state index in [1.807, 2.05) is 0 Å². The highest BCUT2D eigenvalue weighted by atomic mass is 32.2. The Morgan fingerprint density at radius 2 is 0.583 bits per heavy atom. The summed E-state index contributed by atoms with van der Waals surface area (Å²) in [6.45, 7) is 0. The van der Waals surface area contributed by atoms with Crippen LogP contribution in [0.2, 0.25) is 0 Å². The largest absolute Gasteiger partial charge is 0.460 e. The van der Waals surface area contributed by atoms with E-state index in [1.54, 1.807) is 0 Å². The first-order valence-corrected chi connectivity index (χ1v) is 5.59. The fourth-order valence-corrected chi connectivity index (χ4v) is 0.750. The van der Waals surface area contributed by atoms with Crippen molar-refractivity contribution < 1.29 is 74.4 Å². The number of hydrogen-bond donors (Lipinski definition) is 2. The lowest BCUT2D eigenvalue weighted by atomic mass is 9.98. The van der Waals surface area contributed by atoms with Crippen LogP contribution >= 0.6 is 0 Å².